The van der Waals surface area contributed by atoms with Gasteiger partial charge in [-0.3, -0.25) is 4.79 Å². The van der Waals surface area contributed by atoms with Gasteiger partial charge in [-0.15, -0.1) is 0 Å². The maximum atomic E-state index is 12.5. The van der Waals surface area contributed by atoms with Gasteiger partial charge in [-0.05, 0) is 54.2 Å². The predicted octanol–water partition coefficient (Wildman–Crippen LogP) is 4.95. The molecule has 3 rings (SSSR count). The molecule has 0 bridgehead atoms. The molecule has 1 nitrogen and oxygen atoms in total. The molecule has 1 unspecified atom stereocenters. The van der Waals surface area contributed by atoms with Crippen LogP contribution in [0.15, 0.2) is 60.2 Å². The zero-order chi connectivity index (χ0) is 14.7. The Bertz CT molecular complexity index is 656. The lowest BCUT2D eigenvalue weighted by Crippen LogP contribution is -2.10. The summed E-state index contributed by atoms with van der Waals surface area (Å²) in [5, 5.41) is 0.737. The van der Waals surface area contributed by atoms with Gasteiger partial charge in [0.2, 0.25) is 0 Å². The molecule has 2 aromatic carbocycles. The van der Waals surface area contributed by atoms with E-state index < -0.39 is 0 Å². The number of carbonyl (C=O) groups is 1. The number of benzene rings is 2. The highest BCUT2D eigenvalue weighted by Crippen LogP contribution is 2.31. The lowest BCUT2D eigenvalue weighted by molar-refractivity contribution is -0.117. The average molecular weight is 297 g/mol. The molecule has 0 spiro atoms. The fraction of sp³-hybridized carbons (Fsp3) is 0.211. The van der Waals surface area contributed by atoms with E-state index in [-0.39, 0.29) is 5.92 Å². The Morgan fingerprint density at radius 1 is 1.05 bits per heavy atom. The average Bonchev–Trinajstić information content (AvgIpc) is 2.84. The van der Waals surface area contributed by atoms with E-state index in [0.717, 1.165) is 35.4 Å². The van der Waals surface area contributed by atoms with Gasteiger partial charge in [0.05, 0.1) is 0 Å². The minimum atomic E-state index is 0.112. The maximum absolute atomic E-state index is 12.5. The fourth-order valence-electron chi connectivity index (χ4n) is 2.84. The first-order valence-electron chi connectivity index (χ1n) is 7.26. The Balaban J connectivity index is 1.72. The van der Waals surface area contributed by atoms with Gasteiger partial charge in [-0.1, -0.05) is 54.1 Å². The van der Waals surface area contributed by atoms with Gasteiger partial charge in [-0.2, -0.15) is 0 Å². The van der Waals surface area contributed by atoms with Gasteiger partial charge in [-0.25, -0.2) is 0 Å². The third kappa shape index (κ3) is 3.43. The lowest BCUT2D eigenvalue weighted by atomic mass is 9.96. The van der Waals surface area contributed by atoms with E-state index in [2.05, 4.69) is 0 Å². The van der Waals surface area contributed by atoms with Crippen LogP contribution in [0.5, 0.6) is 0 Å². The minimum absolute atomic E-state index is 0.112. The molecular formula is C19H17ClO. The molecular weight excluding hydrogens is 280 g/mol. The van der Waals surface area contributed by atoms with Gasteiger partial charge in [0.1, 0.15) is 0 Å². The highest BCUT2D eigenvalue weighted by molar-refractivity contribution is 6.30. The summed E-state index contributed by atoms with van der Waals surface area (Å²) in [6.45, 7) is 0. The second kappa shape index (κ2) is 6.28. The van der Waals surface area contributed by atoms with Gasteiger partial charge in [0.25, 0.3) is 0 Å². The molecule has 0 radical (unpaired) electrons. The van der Waals surface area contributed by atoms with Crippen molar-refractivity contribution in [1.29, 1.82) is 0 Å². The molecule has 1 atom stereocenters. The third-order valence-corrected chi connectivity index (χ3v) is 4.24. The summed E-state index contributed by atoms with van der Waals surface area (Å²) in [6, 6.07) is 17.8. The molecule has 1 fully saturated rings. The first kappa shape index (κ1) is 14.1. The van der Waals surface area contributed by atoms with Crippen LogP contribution in [0.2, 0.25) is 5.02 Å². The Hall–Kier alpha value is -1.86. The molecule has 0 N–H and O–H groups in total. The molecule has 1 aliphatic rings. The van der Waals surface area contributed by atoms with Crippen LogP contribution < -0.4 is 0 Å². The quantitative estimate of drug-likeness (QED) is 0.733. The van der Waals surface area contributed by atoms with E-state index in [9.17, 15) is 4.79 Å². The van der Waals surface area contributed by atoms with Crippen molar-refractivity contribution in [3.05, 3.63) is 76.3 Å². The molecule has 0 heterocycles. The summed E-state index contributed by atoms with van der Waals surface area (Å²) in [7, 11) is 0. The van der Waals surface area contributed by atoms with Crippen molar-refractivity contribution in [2.75, 3.05) is 0 Å². The second-order valence-corrected chi connectivity index (χ2v) is 5.95. The fourth-order valence-corrected chi connectivity index (χ4v) is 2.97. The molecule has 0 amide bonds. The van der Waals surface area contributed by atoms with Crippen molar-refractivity contribution in [2.24, 2.45) is 5.92 Å². The van der Waals surface area contributed by atoms with Crippen LogP contribution >= 0.6 is 11.6 Å². The summed E-state index contributed by atoms with van der Waals surface area (Å²) in [5.41, 5.74) is 3.24. The van der Waals surface area contributed by atoms with Gasteiger partial charge >= 0.3 is 0 Å². The monoisotopic (exact) mass is 296 g/mol. The third-order valence-electron chi connectivity index (χ3n) is 3.99. The molecule has 2 aromatic rings. The Labute approximate surface area is 130 Å². The summed E-state index contributed by atoms with van der Waals surface area (Å²) < 4.78 is 0. The van der Waals surface area contributed by atoms with Crippen LogP contribution in [-0.4, -0.2) is 5.78 Å². The largest absolute Gasteiger partial charge is 0.294 e. The van der Waals surface area contributed by atoms with Crippen LogP contribution in [-0.2, 0) is 11.2 Å². The van der Waals surface area contributed by atoms with Crippen LogP contribution in [0.3, 0.4) is 0 Å². The maximum Gasteiger partial charge on any atom is 0.162 e. The summed E-state index contributed by atoms with van der Waals surface area (Å²) in [4.78, 5) is 12.5. The summed E-state index contributed by atoms with van der Waals surface area (Å²) in [6.07, 6.45) is 4.67. The van der Waals surface area contributed by atoms with Crippen LogP contribution in [0, 0.1) is 5.92 Å². The highest BCUT2D eigenvalue weighted by atomic mass is 35.5. The molecule has 21 heavy (non-hydrogen) atoms. The summed E-state index contributed by atoms with van der Waals surface area (Å²) >= 11 is 5.89. The Morgan fingerprint density at radius 2 is 1.76 bits per heavy atom. The number of ketones is 1. The minimum Gasteiger partial charge on any atom is -0.294 e. The molecule has 1 saturated carbocycles. The Morgan fingerprint density at radius 3 is 2.48 bits per heavy atom. The number of hydrogen-bond donors (Lipinski definition) is 0. The second-order valence-electron chi connectivity index (χ2n) is 5.51. The molecule has 0 aliphatic heterocycles. The normalized spacial score (nSPS) is 20.1. The van der Waals surface area contributed by atoms with E-state index in [0.29, 0.717) is 5.78 Å². The molecule has 106 valence electrons. The van der Waals surface area contributed by atoms with E-state index in [1.54, 1.807) is 0 Å². The smallest absolute Gasteiger partial charge is 0.162 e. The zero-order valence-corrected chi connectivity index (χ0v) is 12.5. The first-order chi connectivity index (χ1) is 10.2. The van der Waals surface area contributed by atoms with E-state index in [1.165, 1.54) is 5.56 Å². The SMILES string of the molecule is O=C1/C(=C/c2ccccc2)CCC1Cc1ccc(Cl)cc1. The number of hydrogen-bond acceptors (Lipinski definition) is 1. The topological polar surface area (TPSA) is 17.1 Å². The zero-order valence-electron chi connectivity index (χ0n) is 11.8. The van der Waals surface area contributed by atoms with Gasteiger partial charge in [0.15, 0.2) is 5.78 Å². The Kier molecular flexibility index (Phi) is 4.21. The van der Waals surface area contributed by atoms with Crippen LogP contribution in [0.4, 0.5) is 0 Å². The van der Waals surface area contributed by atoms with Crippen molar-refractivity contribution in [3.8, 4) is 0 Å². The van der Waals surface area contributed by atoms with E-state index >= 15 is 0 Å². The number of Topliss-reactive ketones (excluding diaryl/α,β-unsaturated/α-hetero) is 1. The van der Waals surface area contributed by atoms with Crippen LogP contribution in [0.25, 0.3) is 6.08 Å². The molecule has 0 saturated heterocycles. The predicted molar refractivity (Wildman–Crippen MR) is 87.3 cm³/mol. The first-order valence-corrected chi connectivity index (χ1v) is 7.64. The van der Waals surface area contributed by atoms with Crippen molar-refractivity contribution in [3.63, 3.8) is 0 Å². The van der Waals surface area contributed by atoms with Crippen molar-refractivity contribution in [2.45, 2.75) is 19.3 Å². The summed E-state index contributed by atoms with van der Waals surface area (Å²) in [5.74, 6) is 0.412. The van der Waals surface area contributed by atoms with E-state index in [4.69, 9.17) is 11.6 Å². The van der Waals surface area contributed by atoms with Crippen molar-refractivity contribution >= 4 is 23.5 Å². The standard InChI is InChI=1S/C19H17ClO/c20-18-10-6-15(7-11-18)13-17-9-8-16(19(17)21)12-14-4-2-1-3-5-14/h1-7,10-12,17H,8-9,13H2/b16-12+. The number of halogens is 1. The van der Waals surface area contributed by atoms with E-state index in [1.807, 2.05) is 60.7 Å². The lowest BCUT2D eigenvalue weighted by Gasteiger charge is -2.07. The van der Waals surface area contributed by atoms with Gasteiger partial charge < -0.3 is 0 Å². The number of rotatable bonds is 3. The van der Waals surface area contributed by atoms with Crippen molar-refractivity contribution in [1.82, 2.24) is 0 Å². The number of carbonyl (C=O) groups excluding carboxylic acids is 1. The highest BCUT2D eigenvalue weighted by Gasteiger charge is 2.29. The van der Waals surface area contributed by atoms with Gasteiger partial charge in [0, 0.05) is 10.9 Å². The van der Waals surface area contributed by atoms with Crippen molar-refractivity contribution < 1.29 is 4.79 Å². The molecule has 0 aromatic heterocycles. The number of allylic oxidation sites excluding steroid dienone is 1. The van der Waals surface area contributed by atoms with Crippen LogP contribution in [0.1, 0.15) is 24.0 Å². The molecule has 1 aliphatic carbocycles. The molecule has 2 heteroatoms.